The number of nitrogens with zero attached hydrogens (tertiary/aromatic N) is 1. The first-order valence-corrected chi connectivity index (χ1v) is 5.44. The van der Waals surface area contributed by atoms with Gasteiger partial charge in [-0.15, -0.1) is 0 Å². The molecule has 4 nitrogen and oxygen atoms in total. The van der Waals surface area contributed by atoms with Gasteiger partial charge in [0, 0.05) is 13.1 Å². The predicted octanol–water partition coefficient (Wildman–Crippen LogP) is 1.22. The number of ether oxygens (including phenoxy) is 1. The van der Waals surface area contributed by atoms with Gasteiger partial charge in [0.05, 0.1) is 31.3 Å². The number of furan rings is 1. The van der Waals surface area contributed by atoms with Crippen LogP contribution < -0.4 is 5.73 Å². The number of morpholine rings is 1. The minimum atomic E-state index is 0.349. The number of nitrogens with two attached hydrogens (primary N) is 1. The smallest absolute Gasteiger partial charge is 0.136 e. The van der Waals surface area contributed by atoms with E-state index >= 15 is 0 Å². The lowest BCUT2D eigenvalue weighted by atomic mass is 10.3. The molecule has 1 aliphatic heterocycles. The number of hydrogen-bond donors (Lipinski definition) is 1. The van der Waals surface area contributed by atoms with E-state index in [0.29, 0.717) is 17.3 Å². The molecule has 0 amide bonds. The Kier molecular flexibility index (Phi) is 3.64. The van der Waals surface area contributed by atoms with Gasteiger partial charge in [-0.05, 0) is 6.07 Å². The van der Waals surface area contributed by atoms with Crippen molar-refractivity contribution in [2.45, 2.75) is 13.1 Å². The minimum Gasteiger partial charge on any atom is -0.462 e. The Morgan fingerprint density at radius 3 is 2.73 bits per heavy atom. The summed E-state index contributed by atoms with van der Waals surface area (Å²) in [7, 11) is 0. The molecule has 15 heavy (non-hydrogen) atoms. The summed E-state index contributed by atoms with van der Waals surface area (Å²) in [5.41, 5.74) is 5.49. The number of hydrogen-bond acceptors (Lipinski definition) is 4. The average molecular weight is 231 g/mol. The molecule has 2 heterocycles. The van der Waals surface area contributed by atoms with E-state index in [1.165, 1.54) is 0 Å². The summed E-state index contributed by atoms with van der Waals surface area (Å²) in [6.07, 6.45) is 0. The van der Waals surface area contributed by atoms with Gasteiger partial charge in [0.25, 0.3) is 0 Å². The molecule has 0 saturated carbocycles. The Balaban J connectivity index is 1.97. The van der Waals surface area contributed by atoms with Crippen LogP contribution in [0.2, 0.25) is 5.02 Å². The van der Waals surface area contributed by atoms with Gasteiger partial charge in [-0.25, -0.2) is 0 Å². The third-order valence-corrected chi connectivity index (χ3v) is 2.80. The van der Waals surface area contributed by atoms with Crippen LogP contribution in [0.3, 0.4) is 0 Å². The van der Waals surface area contributed by atoms with Crippen molar-refractivity contribution in [3.05, 3.63) is 22.6 Å². The van der Waals surface area contributed by atoms with Crippen LogP contribution in [0, 0.1) is 0 Å². The van der Waals surface area contributed by atoms with Gasteiger partial charge in [-0.2, -0.15) is 0 Å². The lowest BCUT2D eigenvalue weighted by Gasteiger charge is -2.25. The molecule has 0 radical (unpaired) electrons. The normalized spacial score (nSPS) is 18.3. The number of halogens is 1. The number of rotatable bonds is 3. The van der Waals surface area contributed by atoms with Crippen molar-refractivity contribution in [2.24, 2.45) is 5.73 Å². The van der Waals surface area contributed by atoms with Crippen LogP contribution in [-0.4, -0.2) is 31.2 Å². The van der Waals surface area contributed by atoms with Gasteiger partial charge in [-0.1, -0.05) is 11.6 Å². The fourth-order valence-electron chi connectivity index (χ4n) is 1.66. The maximum atomic E-state index is 5.95. The average Bonchev–Trinajstić information content (AvgIpc) is 2.60. The zero-order valence-corrected chi connectivity index (χ0v) is 9.29. The molecule has 0 spiro atoms. The highest BCUT2D eigenvalue weighted by atomic mass is 35.5. The zero-order chi connectivity index (χ0) is 10.7. The molecule has 1 fully saturated rings. The molecule has 1 aromatic rings. The fraction of sp³-hybridized carbons (Fsp3) is 0.600. The minimum absolute atomic E-state index is 0.349. The van der Waals surface area contributed by atoms with E-state index in [2.05, 4.69) is 4.90 Å². The summed E-state index contributed by atoms with van der Waals surface area (Å²) in [5, 5.41) is 0.626. The topological polar surface area (TPSA) is 51.6 Å². The monoisotopic (exact) mass is 230 g/mol. The van der Waals surface area contributed by atoms with Crippen molar-refractivity contribution in [3.63, 3.8) is 0 Å². The lowest BCUT2D eigenvalue weighted by Crippen LogP contribution is -2.35. The first kappa shape index (κ1) is 11.0. The van der Waals surface area contributed by atoms with Gasteiger partial charge in [0.1, 0.15) is 11.5 Å². The fourth-order valence-corrected chi connectivity index (χ4v) is 1.89. The van der Waals surface area contributed by atoms with Crippen molar-refractivity contribution in [1.82, 2.24) is 4.90 Å². The molecule has 84 valence electrons. The summed E-state index contributed by atoms with van der Waals surface area (Å²) in [6.45, 7) is 4.59. The highest BCUT2D eigenvalue weighted by Crippen LogP contribution is 2.21. The molecule has 0 unspecified atom stereocenters. The molecular formula is C10H15ClN2O2. The zero-order valence-electron chi connectivity index (χ0n) is 8.54. The van der Waals surface area contributed by atoms with Gasteiger partial charge in [0.2, 0.25) is 0 Å². The largest absolute Gasteiger partial charge is 0.462 e. The van der Waals surface area contributed by atoms with Crippen molar-refractivity contribution in [3.8, 4) is 0 Å². The molecule has 0 aromatic carbocycles. The van der Waals surface area contributed by atoms with Crippen LogP contribution in [0.4, 0.5) is 0 Å². The second-order valence-corrected chi connectivity index (χ2v) is 3.98. The van der Waals surface area contributed by atoms with Gasteiger partial charge in [0.15, 0.2) is 0 Å². The quantitative estimate of drug-likeness (QED) is 0.849. The Hall–Kier alpha value is -0.550. The van der Waals surface area contributed by atoms with Crippen molar-refractivity contribution >= 4 is 11.6 Å². The van der Waals surface area contributed by atoms with Crippen molar-refractivity contribution < 1.29 is 9.15 Å². The summed E-state index contributed by atoms with van der Waals surface area (Å²) in [6, 6.07) is 1.85. The van der Waals surface area contributed by atoms with Gasteiger partial charge in [-0.3, -0.25) is 4.90 Å². The summed E-state index contributed by atoms with van der Waals surface area (Å²) < 4.78 is 10.8. The third kappa shape index (κ3) is 2.72. The van der Waals surface area contributed by atoms with E-state index in [0.717, 1.165) is 38.6 Å². The lowest BCUT2D eigenvalue weighted by molar-refractivity contribution is 0.0312. The van der Waals surface area contributed by atoms with Crippen LogP contribution in [0.15, 0.2) is 10.5 Å². The molecule has 0 atom stereocenters. The maximum absolute atomic E-state index is 5.95. The summed E-state index contributed by atoms with van der Waals surface area (Å²) in [4.78, 5) is 2.28. The van der Waals surface area contributed by atoms with Crippen LogP contribution in [-0.2, 0) is 17.8 Å². The molecule has 1 aromatic heterocycles. The summed E-state index contributed by atoms with van der Waals surface area (Å²) >= 11 is 5.95. The molecule has 0 aliphatic carbocycles. The highest BCUT2D eigenvalue weighted by molar-refractivity contribution is 6.31. The second-order valence-electron chi connectivity index (χ2n) is 3.58. The molecular weight excluding hydrogens is 216 g/mol. The summed E-state index contributed by atoms with van der Waals surface area (Å²) in [5.74, 6) is 1.54. The van der Waals surface area contributed by atoms with Crippen molar-refractivity contribution in [2.75, 3.05) is 26.3 Å². The van der Waals surface area contributed by atoms with Crippen molar-refractivity contribution in [1.29, 1.82) is 0 Å². The Bertz CT molecular complexity index is 321. The molecule has 5 heteroatoms. The second kappa shape index (κ2) is 4.99. The Morgan fingerprint density at radius 2 is 2.13 bits per heavy atom. The molecule has 2 rings (SSSR count). The third-order valence-electron chi connectivity index (χ3n) is 2.48. The van der Waals surface area contributed by atoms with E-state index in [-0.39, 0.29) is 0 Å². The van der Waals surface area contributed by atoms with E-state index in [1.807, 2.05) is 6.07 Å². The first-order valence-electron chi connectivity index (χ1n) is 5.07. The van der Waals surface area contributed by atoms with Crippen LogP contribution >= 0.6 is 11.6 Å². The van der Waals surface area contributed by atoms with Crippen LogP contribution in [0.5, 0.6) is 0 Å². The predicted molar refractivity (Wildman–Crippen MR) is 57.7 cm³/mol. The Labute approximate surface area is 93.9 Å². The van der Waals surface area contributed by atoms with E-state index in [9.17, 15) is 0 Å². The SMILES string of the molecule is NCc1oc(CN2CCOCC2)cc1Cl. The van der Waals surface area contributed by atoms with E-state index in [1.54, 1.807) is 0 Å². The van der Waals surface area contributed by atoms with Gasteiger partial charge >= 0.3 is 0 Å². The first-order chi connectivity index (χ1) is 7.29. The van der Waals surface area contributed by atoms with Crippen LogP contribution in [0.25, 0.3) is 0 Å². The maximum Gasteiger partial charge on any atom is 0.136 e. The Morgan fingerprint density at radius 1 is 1.40 bits per heavy atom. The molecule has 1 saturated heterocycles. The van der Waals surface area contributed by atoms with E-state index < -0.39 is 0 Å². The van der Waals surface area contributed by atoms with E-state index in [4.69, 9.17) is 26.5 Å². The van der Waals surface area contributed by atoms with Crippen LogP contribution in [0.1, 0.15) is 11.5 Å². The molecule has 1 aliphatic rings. The highest BCUT2D eigenvalue weighted by Gasteiger charge is 2.14. The standard InChI is InChI=1S/C10H15ClN2O2/c11-9-5-8(15-10(9)6-12)7-13-1-3-14-4-2-13/h5H,1-4,6-7,12H2. The molecule has 2 N–H and O–H groups in total. The molecule has 0 bridgehead atoms. The van der Waals surface area contributed by atoms with Gasteiger partial charge < -0.3 is 14.9 Å².